The van der Waals surface area contributed by atoms with Gasteiger partial charge in [0.25, 0.3) is 0 Å². The topological polar surface area (TPSA) is 12.5 Å². The highest BCUT2D eigenvalue weighted by molar-refractivity contribution is 4.54. The lowest BCUT2D eigenvalue weighted by atomic mass is 10.2. The highest BCUT2D eigenvalue weighted by atomic mass is 16.5. The minimum Gasteiger partial charge on any atom is -0.381 e. The van der Waals surface area contributed by atoms with Crippen LogP contribution in [-0.4, -0.2) is 38.3 Å². The number of hydrogen-bond donors (Lipinski definition) is 0. The van der Waals surface area contributed by atoms with E-state index in [9.17, 15) is 0 Å². The summed E-state index contributed by atoms with van der Waals surface area (Å²) in [7, 11) is 2.19. The molecule has 0 unspecified atom stereocenters. The first kappa shape index (κ1) is 19.3. The van der Waals surface area contributed by atoms with Gasteiger partial charge in [0.1, 0.15) is 0 Å². The van der Waals surface area contributed by atoms with Gasteiger partial charge in [0, 0.05) is 26.3 Å². The fourth-order valence-electron chi connectivity index (χ4n) is 1.71. The summed E-state index contributed by atoms with van der Waals surface area (Å²) in [5, 5.41) is 0. The fraction of sp³-hybridized carbons (Fsp3) is 1.00. The number of hydrogen-bond acceptors (Lipinski definition) is 2. The first-order valence-electron chi connectivity index (χ1n) is 7.43. The molecule has 0 aromatic carbocycles. The molecule has 0 atom stereocenters. The zero-order chi connectivity index (χ0) is 13.5. The van der Waals surface area contributed by atoms with Crippen LogP contribution in [0.4, 0.5) is 0 Å². The molecule has 106 valence electrons. The van der Waals surface area contributed by atoms with E-state index in [1.807, 2.05) is 13.8 Å². The first-order chi connectivity index (χ1) is 8.16. The van der Waals surface area contributed by atoms with Gasteiger partial charge in [0.05, 0.1) is 0 Å². The predicted molar refractivity (Wildman–Crippen MR) is 78.6 cm³/mol. The summed E-state index contributed by atoms with van der Waals surface area (Å²) in [4.78, 5) is 2.39. The Morgan fingerprint density at radius 2 is 1.59 bits per heavy atom. The third-order valence-corrected chi connectivity index (χ3v) is 2.40. The Bertz CT molecular complexity index is 126. The maximum absolute atomic E-state index is 5.56. The van der Waals surface area contributed by atoms with Crippen LogP contribution in [-0.2, 0) is 4.74 Å². The minimum absolute atomic E-state index is 0.764. The van der Waals surface area contributed by atoms with Crippen molar-refractivity contribution in [1.82, 2.24) is 4.90 Å². The maximum atomic E-state index is 5.56. The van der Waals surface area contributed by atoms with Crippen LogP contribution in [0.5, 0.6) is 0 Å². The zero-order valence-electron chi connectivity index (χ0n) is 13.1. The summed E-state index contributed by atoms with van der Waals surface area (Å²) >= 11 is 0. The Morgan fingerprint density at radius 1 is 1.00 bits per heavy atom. The number of unbranched alkanes of at least 4 members (excludes halogenated alkanes) is 2. The Hall–Kier alpha value is -0.0800. The third-order valence-electron chi connectivity index (χ3n) is 2.40. The lowest BCUT2D eigenvalue weighted by molar-refractivity contribution is 0.119. The van der Waals surface area contributed by atoms with Gasteiger partial charge in [-0.2, -0.15) is 0 Å². The van der Waals surface area contributed by atoms with Crippen molar-refractivity contribution in [3.05, 3.63) is 0 Å². The predicted octanol–water partition coefficient (Wildman–Crippen LogP) is 4.20. The lowest BCUT2D eigenvalue weighted by Gasteiger charge is -2.18. The van der Waals surface area contributed by atoms with Crippen LogP contribution >= 0.6 is 0 Å². The van der Waals surface area contributed by atoms with E-state index in [-0.39, 0.29) is 0 Å². The zero-order valence-corrected chi connectivity index (χ0v) is 13.1. The van der Waals surface area contributed by atoms with Crippen molar-refractivity contribution in [1.29, 1.82) is 0 Å². The molecule has 0 aromatic rings. The van der Waals surface area contributed by atoms with E-state index in [1.54, 1.807) is 0 Å². The van der Waals surface area contributed by atoms with Crippen LogP contribution < -0.4 is 0 Å². The second kappa shape index (κ2) is 15.9. The van der Waals surface area contributed by atoms with Crippen LogP contribution in [0.15, 0.2) is 0 Å². The average molecular weight is 245 g/mol. The highest BCUT2D eigenvalue weighted by Crippen LogP contribution is 1.98. The van der Waals surface area contributed by atoms with Gasteiger partial charge in [-0.25, -0.2) is 0 Å². The molecule has 0 aliphatic carbocycles. The average Bonchev–Trinajstić information content (AvgIpc) is 2.29. The molecular formula is C15H35NO. The van der Waals surface area contributed by atoms with E-state index in [0.717, 1.165) is 32.1 Å². The number of nitrogens with zero attached hydrogens (tertiary/aromatic N) is 1. The summed E-state index contributed by atoms with van der Waals surface area (Å²) < 4.78 is 5.56. The van der Waals surface area contributed by atoms with Crippen LogP contribution in [0.3, 0.4) is 0 Å². The molecule has 17 heavy (non-hydrogen) atoms. The summed E-state index contributed by atoms with van der Waals surface area (Å²) in [5.41, 5.74) is 0. The van der Waals surface area contributed by atoms with E-state index >= 15 is 0 Å². The molecule has 0 radical (unpaired) electrons. The Labute approximate surface area is 110 Å². The van der Waals surface area contributed by atoms with Crippen LogP contribution in [0.2, 0.25) is 0 Å². The second-order valence-corrected chi connectivity index (χ2v) is 4.83. The summed E-state index contributed by atoms with van der Waals surface area (Å²) in [6, 6.07) is 0. The molecule has 0 fully saturated rings. The van der Waals surface area contributed by atoms with Gasteiger partial charge in [0.2, 0.25) is 0 Å². The summed E-state index contributed by atoms with van der Waals surface area (Å²) in [6.45, 7) is 15.0. The molecule has 0 aromatic heterocycles. The number of rotatable bonds is 10. The van der Waals surface area contributed by atoms with Gasteiger partial charge in [-0.05, 0) is 25.8 Å². The monoisotopic (exact) mass is 245 g/mol. The van der Waals surface area contributed by atoms with E-state index in [2.05, 4.69) is 32.7 Å². The van der Waals surface area contributed by atoms with Gasteiger partial charge >= 0.3 is 0 Å². The van der Waals surface area contributed by atoms with Gasteiger partial charge < -0.3 is 9.64 Å². The Kier molecular flexibility index (Phi) is 18.0. The number of ether oxygens (including phenoxy) is 1. The molecule has 0 heterocycles. The minimum atomic E-state index is 0.764. The van der Waals surface area contributed by atoms with Gasteiger partial charge in [0.15, 0.2) is 0 Å². The molecule has 0 spiro atoms. The van der Waals surface area contributed by atoms with Crippen molar-refractivity contribution in [2.75, 3.05) is 33.4 Å². The van der Waals surface area contributed by atoms with Crippen molar-refractivity contribution >= 4 is 0 Å². The van der Waals surface area contributed by atoms with E-state index in [4.69, 9.17) is 4.74 Å². The molecule has 0 saturated heterocycles. The van der Waals surface area contributed by atoms with E-state index in [0.29, 0.717) is 0 Å². The van der Waals surface area contributed by atoms with Crippen molar-refractivity contribution in [3.63, 3.8) is 0 Å². The Balaban J connectivity index is 0. The molecule has 0 aliphatic heterocycles. The maximum Gasteiger partial charge on any atom is 0.0478 e. The smallest absolute Gasteiger partial charge is 0.0478 e. The second-order valence-electron chi connectivity index (χ2n) is 4.83. The van der Waals surface area contributed by atoms with Crippen molar-refractivity contribution < 1.29 is 4.74 Å². The molecule has 0 bridgehead atoms. The SMILES string of the molecule is CC.CCCCCOCCCN(C)CC(C)C. The van der Waals surface area contributed by atoms with Gasteiger partial charge in [-0.1, -0.05) is 47.5 Å². The Morgan fingerprint density at radius 3 is 2.12 bits per heavy atom. The van der Waals surface area contributed by atoms with Crippen molar-refractivity contribution in [2.24, 2.45) is 5.92 Å². The van der Waals surface area contributed by atoms with Crippen LogP contribution in [0.25, 0.3) is 0 Å². The first-order valence-corrected chi connectivity index (χ1v) is 7.43. The molecule has 2 nitrogen and oxygen atoms in total. The molecule has 0 amide bonds. The highest BCUT2D eigenvalue weighted by Gasteiger charge is 2.00. The van der Waals surface area contributed by atoms with Crippen LogP contribution in [0.1, 0.15) is 60.3 Å². The van der Waals surface area contributed by atoms with Crippen molar-refractivity contribution in [2.45, 2.75) is 60.3 Å². The molecule has 0 saturated carbocycles. The molecule has 0 aliphatic rings. The third kappa shape index (κ3) is 18.5. The lowest BCUT2D eigenvalue weighted by Crippen LogP contribution is -2.25. The fourth-order valence-corrected chi connectivity index (χ4v) is 1.71. The van der Waals surface area contributed by atoms with Crippen LogP contribution in [0, 0.1) is 5.92 Å². The van der Waals surface area contributed by atoms with E-state index in [1.165, 1.54) is 25.8 Å². The quantitative estimate of drug-likeness (QED) is 0.535. The summed E-state index contributed by atoms with van der Waals surface area (Å²) in [6.07, 6.45) is 4.96. The summed E-state index contributed by atoms with van der Waals surface area (Å²) in [5.74, 6) is 0.764. The molecular weight excluding hydrogens is 210 g/mol. The molecule has 0 N–H and O–H groups in total. The molecule has 2 heteroatoms. The van der Waals surface area contributed by atoms with Crippen molar-refractivity contribution in [3.8, 4) is 0 Å². The largest absolute Gasteiger partial charge is 0.381 e. The van der Waals surface area contributed by atoms with Gasteiger partial charge in [-0.3, -0.25) is 0 Å². The standard InChI is InChI=1S/C13H29NO.C2H6/c1-5-6-7-10-15-11-8-9-14(4)12-13(2)3;1-2/h13H,5-12H2,1-4H3;1-2H3. The van der Waals surface area contributed by atoms with E-state index < -0.39 is 0 Å². The van der Waals surface area contributed by atoms with Gasteiger partial charge in [-0.15, -0.1) is 0 Å². The normalized spacial score (nSPS) is 10.6. The molecule has 0 rings (SSSR count).